The van der Waals surface area contributed by atoms with E-state index in [-0.39, 0.29) is 24.3 Å². The minimum atomic E-state index is -1.74. The van der Waals surface area contributed by atoms with E-state index in [0.717, 1.165) is 0 Å². The first-order valence-electron chi connectivity index (χ1n) is 10.4. The first kappa shape index (κ1) is 25.4. The van der Waals surface area contributed by atoms with Crippen LogP contribution in [0.15, 0.2) is 53.1 Å². The zero-order valence-electron chi connectivity index (χ0n) is 18.9. The summed E-state index contributed by atoms with van der Waals surface area (Å²) in [6.07, 6.45) is -1.74. The SMILES string of the molecule is CC(C)(C)c1cc(C(=O)NN(Cc2ccc(-c3cc(Cl)ccc3F)cc2)CC(O)C(=O)O)on1. The zero-order valence-corrected chi connectivity index (χ0v) is 19.6. The highest BCUT2D eigenvalue weighted by Crippen LogP contribution is 2.26. The molecule has 3 N–H and O–H groups in total. The van der Waals surface area contributed by atoms with Crippen LogP contribution in [0.5, 0.6) is 0 Å². The molecule has 180 valence electrons. The van der Waals surface area contributed by atoms with Gasteiger partial charge in [0.05, 0.1) is 12.2 Å². The molecule has 1 unspecified atom stereocenters. The molecule has 0 saturated heterocycles. The largest absolute Gasteiger partial charge is 0.479 e. The van der Waals surface area contributed by atoms with Crippen molar-refractivity contribution in [3.63, 3.8) is 0 Å². The maximum Gasteiger partial charge on any atom is 0.333 e. The fourth-order valence-electron chi connectivity index (χ4n) is 3.10. The van der Waals surface area contributed by atoms with Gasteiger partial charge in [-0.05, 0) is 29.3 Å². The molecule has 0 saturated carbocycles. The van der Waals surface area contributed by atoms with Gasteiger partial charge in [-0.3, -0.25) is 10.2 Å². The van der Waals surface area contributed by atoms with E-state index in [9.17, 15) is 19.1 Å². The van der Waals surface area contributed by atoms with Gasteiger partial charge in [0.25, 0.3) is 0 Å². The second kappa shape index (κ2) is 10.3. The van der Waals surface area contributed by atoms with Crippen molar-refractivity contribution in [3.05, 3.63) is 76.4 Å². The number of halogens is 2. The Morgan fingerprint density at radius 2 is 1.85 bits per heavy atom. The molecule has 2 aromatic carbocycles. The number of benzene rings is 2. The Bertz CT molecular complexity index is 1170. The molecule has 3 aromatic rings. The molecule has 3 rings (SSSR count). The van der Waals surface area contributed by atoms with E-state index in [1.165, 1.54) is 29.3 Å². The highest BCUT2D eigenvalue weighted by molar-refractivity contribution is 6.30. The van der Waals surface area contributed by atoms with Gasteiger partial charge < -0.3 is 14.7 Å². The quantitative estimate of drug-likeness (QED) is 0.409. The van der Waals surface area contributed by atoms with Gasteiger partial charge in [0, 0.05) is 28.6 Å². The number of hydrazine groups is 1. The smallest absolute Gasteiger partial charge is 0.333 e. The van der Waals surface area contributed by atoms with Crippen LogP contribution in [-0.4, -0.2) is 44.9 Å². The second-order valence-corrected chi connectivity index (χ2v) is 9.26. The third kappa shape index (κ3) is 6.40. The highest BCUT2D eigenvalue weighted by atomic mass is 35.5. The Kier molecular flexibility index (Phi) is 7.71. The number of aliphatic hydroxyl groups excluding tert-OH is 1. The summed E-state index contributed by atoms with van der Waals surface area (Å²) in [7, 11) is 0. The van der Waals surface area contributed by atoms with Crippen molar-refractivity contribution in [2.75, 3.05) is 6.54 Å². The average Bonchev–Trinajstić information content (AvgIpc) is 3.27. The first-order valence-corrected chi connectivity index (χ1v) is 10.8. The standard InChI is InChI=1S/C24H25ClFN3O5/c1-24(2,3)21-11-20(34-28-21)22(31)27-29(13-19(30)23(32)33)12-14-4-6-15(7-5-14)17-10-16(25)8-9-18(17)26/h4-11,19,30H,12-13H2,1-3H3,(H,27,31)(H,32,33). The molecule has 0 aliphatic carbocycles. The van der Waals surface area contributed by atoms with Crippen molar-refractivity contribution in [3.8, 4) is 11.1 Å². The summed E-state index contributed by atoms with van der Waals surface area (Å²) in [5.41, 5.74) is 4.42. The van der Waals surface area contributed by atoms with Crippen molar-refractivity contribution in [1.82, 2.24) is 15.6 Å². The van der Waals surface area contributed by atoms with Gasteiger partial charge in [0.15, 0.2) is 6.10 Å². The number of rotatable bonds is 8. The first-order chi connectivity index (χ1) is 15.9. The minimum Gasteiger partial charge on any atom is -0.479 e. The van der Waals surface area contributed by atoms with E-state index >= 15 is 0 Å². The molecular formula is C24H25ClFN3O5. The van der Waals surface area contributed by atoms with Crippen LogP contribution in [-0.2, 0) is 16.8 Å². The predicted octanol–water partition coefficient (Wildman–Crippen LogP) is 4.02. The summed E-state index contributed by atoms with van der Waals surface area (Å²) < 4.78 is 19.3. The number of nitrogens with one attached hydrogen (secondary N) is 1. The van der Waals surface area contributed by atoms with E-state index in [1.54, 1.807) is 24.3 Å². The lowest BCUT2D eigenvalue weighted by Gasteiger charge is -2.24. The summed E-state index contributed by atoms with van der Waals surface area (Å²) in [6.45, 7) is 5.43. The molecule has 0 aliphatic heterocycles. The number of carboxylic acids is 1. The van der Waals surface area contributed by atoms with Gasteiger partial charge in [0.1, 0.15) is 5.82 Å². The lowest BCUT2D eigenvalue weighted by atomic mass is 9.92. The molecular weight excluding hydrogens is 465 g/mol. The topological polar surface area (TPSA) is 116 Å². The number of aliphatic carboxylic acids is 1. The number of amides is 1. The summed E-state index contributed by atoms with van der Waals surface area (Å²) in [5, 5.41) is 24.5. The van der Waals surface area contributed by atoms with Crippen molar-refractivity contribution >= 4 is 23.5 Å². The Morgan fingerprint density at radius 3 is 2.44 bits per heavy atom. The molecule has 1 atom stereocenters. The number of aromatic nitrogens is 1. The summed E-state index contributed by atoms with van der Waals surface area (Å²) in [4.78, 5) is 23.8. The molecule has 0 bridgehead atoms. The van der Waals surface area contributed by atoms with E-state index in [0.29, 0.717) is 27.4 Å². The van der Waals surface area contributed by atoms with Crippen molar-refractivity contribution in [1.29, 1.82) is 0 Å². The van der Waals surface area contributed by atoms with Crippen molar-refractivity contribution in [2.45, 2.75) is 38.8 Å². The molecule has 0 aliphatic rings. The van der Waals surface area contributed by atoms with Crippen LogP contribution in [0, 0.1) is 5.82 Å². The highest BCUT2D eigenvalue weighted by Gasteiger charge is 2.25. The second-order valence-electron chi connectivity index (χ2n) is 8.82. The van der Waals surface area contributed by atoms with Gasteiger partial charge >= 0.3 is 11.9 Å². The van der Waals surface area contributed by atoms with E-state index < -0.39 is 23.8 Å². The average molecular weight is 490 g/mol. The minimum absolute atomic E-state index is 0.0495. The van der Waals surface area contributed by atoms with Gasteiger partial charge in [-0.25, -0.2) is 14.2 Å². The molecule has 8 nitrogen and oxygen atoms in total. The molecule has 0 radical (unpaired) electrons. The number of nitrogens with zero attached hydrogens (tertiary/aromatic N) is 2. The van der Waals surface area contributed by atoms with E-state index in [1.807, 2.05) is 20.8 Å². The van der Waals surface area contributed by atoms with E-state index in [2.05, 4.69) is 10.6 Å². The van der Waals surface area contributed by atoms with Crippen LogP contribution < -0.4 is 5.43 Å². The maximum absolute atomic E-state index is 14.2. The molecule has 10 heteroatoms. The van der Waals surface area contributed by atoms with Crippen LogP contribution in [0.25, 0.3) is 11.1 Å². The third-order valence-corrected chi connectivity index (χ3v) is 5.24. The molecule has 1 aromatic heterocycles. The number of hydrogen-bond acceptors (Lipinski definition) is 6. The number of carbonyl (C=O) groups is 2. The molecule has 1 amide bonds. The predicted molar refractivity (Wildman–Crippen MR) is 124 cm³/mol. The Labute approximate surface area is 200 Å². The number of carbonyl (C=O) groups excluding carboxylic acids is 1. The van der Waals surface area contributed by atoms with Gasteiger partial charge in [-0.2, -0.15) is 0 Å². The van der Waals surface area contributed by atoms with Gasteiger partial charge in [-0.1, -0.05) is 61.8 Å². The van der Waals surface area contributed by atoms with Crippen molar-refractivity contribution in [2.24, 2.45) is 0 Å². The summed E-state index contributed by atoms with van der Waals surface area (Å²) >= 11 is 5.97. The van der Waals surface area contributed by atoms with Crippen LogP contribution in [0.3, 0.4) is 0 Å². The lowest BCUT2D eigenvalue weighted by Crippen LogP contribution is -2.47. The summed E-state index contributed by atoms with van der Waals surface area (Å²) in [6, 6.07) is 12.5. The lowest BCUT2D eigenvalue weighted by molar-refractivity contribution is -0.148. The Balaban J connectivity index is 1.78. The van der Waals surface area contributed by atoms with Crippen molar-refractivity contribution < 1.29 is 28.7 Å². The molecule has 0 fully saturated rings. The maximum atomic E-state index is 14.2. The van der Waals surface area contributed by atoms with Crippen LogP contribution in [0.4, 0.5) is 4.39 Å². The van der Waals surface area contributed by atoms with E-state index in [4.69, 9.17) is 21.2 Å². The number of aliphatic hydroxyl groups is 1. The monoisotopic (exact) mass is 489 g/mol. The van der Waals surface area contributed by atoms with Gasteiger partial charge in [-0.15, -0.1) is 0 Å². The third-order valence-electron chi connectivity index (χ3n) is 5.01. The molecule has 34 heavy (non-hydrogen) atoms. The summed E-state index contributed by atoms with van der Waals surface area (Å²) in [5.74, 6) is -2.54. The fourth-order valence-corrected chi connectivity index (χ4v) is 3.27. The van der Waals surface area contributed by atoms with Crippen LogP contribution in [0.2, 0.25) is 5.02 Å². The molecule has 0 spiro atoms. The normalized spacial score (nSPS) is 12.6. The number of carboxylic acid groups (broad SMARTS) is 1. The molecule has 1 heterocycles. The Hall–Kier alpha value is -3.27. The Morgan fingerprint density at radius 1 is 1.18 bits per heavy atom. The van der Waals surface area contributed by atoms with Crippen LogP contribution in [0.1, 0.15) is 42.6 Å². The zero-order chi connectivity index (χ0) is 25.0. The van der Waals surface area contributed by atoms with Gasteiger partial charge in [0.2, 0.25) is 5.76 Å². The van der Waals surface area contributed by atoms with Crippen LogP contribution >= 0.6 is 11.6 Å². The fraction of sp³-hybridized carbons (Fsp3) is 0.292. The number of hydrogen-bond donors (Lipinski definition) is 3.